The van der Waals surface area contributed by atoms with Crippen LogP contribution in [0.25, 0.3) is 0 Å². The molecule has 0 saturated heterocycles. The van der Waals surface area contributed by atoms with E-state index in [0.717, 1.165) is 18.3 Å². The third-order valence-corrected chi connectivity index (χ3v) is 3.48. The molecule has 0 amide bonds. The Labute approximate surface area is 188 Å². The molecule has 0 aliphatic rings. The molecular formula is C18H20N6O6Zn. The molecule has 0 aliphatic heterocycles. The van der Waals surface area contributed by atoms with Crippen molar-refractivity contribution in [3.63, 3.8) is 0 Å². The average Bonchev–Trinajstić information content (AvgIpc) is 2.69. The molecule has 0 aromatic carbocycles. The molecule has 12 nitrogen and oxygen atoms in total. The first-order chi connectivity index (χ1) is 14.2. The summed E-state index contributed by atoms with van der Waals surface area (Å²) in [6.07, 6.45) is 5.53. The molecule has 2 aromatic rings. The van der Waals surface area contributed by atoms with Crippen molar-refractivity contribution < 1.29 is 29.7 Å². The first-order valence-electron chi connectivity index (χ1n) is 8.44. The van der Waals surface area contributed by atoms with E-state index in [1.54, 1.807) is 0 Å². The molecule has 160 valence electrons. The van der Waals surface area contributed by atoms with E-state index in [1.807, 2.05) is 0 Å². The summed E-state index contributed by atoms with van der Waals surface area (Å²) in [5.41, 5.74) is -3.10. The normalized spacial score (nSPS) is 9.55. The molecule has 0 aliphatic carbocycles. The van der Waals surface area contributed by atoms with Gasteiger partial charge in [-0.1, -0.05) is 24.3 Å². The second-order valence-corrected chi connectivity index (χ2v) is 5.52. The van der Waals surface area contributed by atoms with E-state index in [4.69, 9.17) is 0 Å². The van der Waals surface area contributed by atoms with Crippen molar-refractivity contribution in [2.45, 2.75) is 26.2 Å². The van der Waals surface area contributed by atoms with Gasteiger partial charge in [0.05, 0.1) is 25.1 Å². The number of hydrogen-bond donors (Lipinski definition) is 0. The quantitative estimate of drug-likeness (QED) is 0.300. The van der Waals surface area contributed by atoms with Crippen molar-refractivity contribution in [2.75, 3.05) is 0 Å². The smallest absolute Gasteiger partial charge is 0.845 e. The number of aromatic nitrogens is 6. The Kier molecular flexibility index (Phi) is 11.4. The SMILES string of the molecule is C=CCn1c([O-])nc(=O)n(CC=C)c1=O.C=CCn1c([O-])nc(=O)n(CC=C)c1=O.[Zn+2]. The van der Waals surface area contributed by atoms with Crippen molar-refractivity contribution in [1.29, 1.82) is 0 Å². The molecule has 0 unspecified atom stereocenters. The summed E-state index contributed by atoms with van der Waals surface area (Å²) in [5.74, 6) is 0. The maximum absolute atomic E-state index is 11.6. The Bertz CT molecular complexity index is 1100. The summed E-state index contributed by atoms with van der Waals surface area (Å²) in [6, 6.07) is -1.71. The molecule has 2 heterocycles. The largest absolute Gasteiger partial charge is 2.00 e. The number of hydrogen-bond acceptors (Lipinski definition) is 8. The predicted octanol–water partition coefficient (Wildman–Crippen LogP) is -2.30. The fourth-order valence-electron chi connectivity index (χ4n) is 2.16. The van der Waals surface area contributed by atoms with E-state index in [-0.39, 0.29) is 45.7 Å². The minimum absolute atomic E-state index is 0. The Hall–Kier alpha value is -3.60. The van der Waals surface area contributed by atoms with Crippen LogP contribution >= 0.6 is 0 Å². The second kappa shape index (κ2) is 12.9. The van der Waals surface area contributed by atoms with Gasteiger partial charge in [0.1, 0.15) is 0 Å². The van der Waals surface area contributed by atoms with Crippen molar-refractivity contribution in [2.24, 2.45) is 0 Å². The van der Waals surface area contributed by atoms with Crippen LogP contribution in [0.15, 0.2) is 69.8 Å². The van der Waals surface area contributed by atoms with Crippen LogP contribution in [-0.2, 0) is 45.7 Å². The average molecular weight is 482 g/mol. The van der Waals surface area contributed by atoms with Crippen LogP contribution in [0.5, 0.6) is 12.0 Å². The summed E-state index contributed by atoms with van der Waals surface area (Å²) >= 11 is 0. The van der Waals surface area contributed by atoms with Crippen molar-refractivity contribution in [3.8, 4) is 12.0 Å². The number of allylic oxidation sites excluding steroid dienone is 4. The van der Waals surface area contributed by atoms with Crippen LogP contribution in [-0.4, -0.2) is 28.2 Å². The Balaban J connectivity index is 0.000000562. The molecular weight excluding hydrogens is 462 g/mol. The van der Waals surface area contributed by atoms with E-state index < -0.39 is 34.8 Å². The standard InChI is InChI=1S/2C9H11N3O3.Zn/c2*1-3-5-11-7(13)10-8(14)12(6-4-2)9(11)15;/h2*3-4H,1-2,5-6H2,(H,10,13,14);/q;;+2/p-2. The summed E-state index contributed by atoms with van der Waals surface area (Å²) in [4.78, 5) is 51.9. The maximum atomic E-state index is 11.6. The third kappa shape index (κ3) is 6.71. The molecule has 13 heteroatoms. The van der Waals surface area contributed by atoms with Crippen LogP contribution in [0.3, 0.4) is 0 Å². The zero-order valence-corrected chi connectivity index (χ0v) is 19.8. The van der Waals surface area contributed by atoms with Crippen LogP contribution < -0.4 is 33.0 Å². The summed E-state index contributed by atoms with van der Waals surface area (Å²) in [5, 5.41) is 22.3. The molecule has 2 rings (SSSR count). The van der Waals surface area contributed by atoms with Crippen molar-refractivity contribution >= 4 is 0 Å². The zero-order valence-electron chi connectivity index (χ0n) is 16.8. The van der Waals surface area contributed by atoms with Gasteiger partial charge in [-0.3, -0.25) is 9.13 Å². The number of nitrogens with zero attached hydrogens (tertiary/aromatic N) is 6. The van der Waals surface area contributed by atoms with Gasteiger partial charge < -0.3 is 10.2 Å². The molecule has 0 spiro atoms. The van der Waals surface area contributed by atoms with Gasteiger partial charge in [-0.05, 0) is 0 Å². The van der Waals surface area contributed by atoms with Gasteiger partial charge in [-0.25, -0.2) is 28.3 Å². The molecule has 0 saturated carbocycles. The van der Waals surface area contributed by atoms with Crippen LogP contribution in [0.4, 0.5) is 0 Å². The first kappa shape index (κ1) is 27.4. The monoisotopic (exact) mass is 480 g/mol. The Morgan fingerprint density at radius 1 is 0.613 bits per heavy atom. The van der Waals surface area contributed by atoms with Crippen LogP contribution in [0.2, 0.25) is 0 Å². The third-order valence-electron chi connectivity index (χ3n) is 3.48. The summed E-state index contributed by atoms with van der Waals surface area (Å²) < 4.78 is 3.32. The molecule has 31 heavy (non-hydrogen) atoms. The van der Waals surface area contributed by atoms with E-state index in [9.17, 15) is 29.4 Å². The summed E-state index contributed by atoms with van der Waals surface area (Å²) in [7, 11) is 0. The zero-order chi connectivity index (χ0) is 22.8. The molecule has 2 aromatic heterocycles. The van der Waals surface area contributed by atoms with Gasteiger partial charge in [-0.2, -0.15) is 9.97 Å². The Morgan fingerprint density at radius 3 is 1.13 bits per heavy atom. The second-order valence-electron chi connectivity index (χ2n) is 5.52. The van der Waals surface area contributed by atoms with E-state index in [0.29, 0.717) is 0 Å². The Morgan fingerprint density at radius 2 is 0.871 bits per heavy atom. The molecule has 0 bridgehead atoms. The minimum atomic E-state index is -0.856. The van der Waals surface area contributed by atoms with Gasteiger partial charge in [0.25, 0.3) is 0 Å². The van der Waals surface area contributed by atoms with Crippen molar-refractivity contribution in [1.82, 2.24) is 28.2 Å². The van der Waals surface area contributed by atoms with E-state index in [1.165, 1.54) is 24.3 Å². The fourth-order valence-corrected chi connectivity index (χ4v) is 2.16. The van der Waals surface area contributed by atoms with E-state index in [2.05, 4.69) is 36.3 Å². The summed E-state index contributed by atoms with van der Waals surface area (Å²) in [6.45, 7) is 13.7. The topological polar surface area (TPSA) is 160 Å². The minimum Gasteiger partial charge on any atom is -0.845 e. The maximum Gasteiger partial charge on any atom is 2.00 e. The fraction of sp³-hybridized carbons (Fsp3) is 0.222. The van der Waals surface area contributed by atoms with E-state index >= 15 is 0 Å². The van der Waals surface area contributed by atoms with Gasteiger partial charge in [0.2, 0.25) is 0 Å². The van der Waals surface area contributed by atoms with Gasteiger partial charge in [-0.15, -0.1) is 26.3 Å². The molecule has 0 radical (unpaired) electrons. The van der Waals surface area contributed by atoms with Gasteiger partial charge >= 0.3 is 42.2 Å². The first-order valence-corrected chi connectivity index (χ1v) is 8.44. The van der Waals surface area contributed by atoms with Gasteiger partial charge in [0.15, 0.2) is 0 Å². The number of rotatable bonds is 8. The van der Waals surface area contributed by atoms with Crippen LogP contribution in [0.1, 0.15) is 0 Å². The predicted molar refractivity (Wildman–Crippen MR) is 105 cm³/mol. The van der Waals surface area contributed by atoms with Gasteiger partial charge in [0, 0.05) is 13.1 Å². The molecule has 0 atom stereocenters. The van der Waals surface area contributed by atoms with Crippen LogP contribution in [0, 0.1) is 0 Å². The molecule has 0 N–H and O–H groups in total. The van der Waals surface area contributed by atoms with Crippen molar-refractivity contribution in [3.05, 3.63) is 92.6 Å². The molecule has 0 fully saturated rings.